The van der Waals surface area contributed by atoms with Crippen molar-refractivity contribution in [2.24, 2.45) is 0 Å². The molecule has 3 aromatic carbocycles. The molecule has 168 valence electrons. The summed E-state index contributed by atoms with van der Waals surface area (Å²) in [6, 6.07) is 19.5. The highest BCUT2D eigenvalue weighted by molar-refractivity contribution is 9.11. The molecule has 0 saturated carbocycles. The van der Waals surface area contributed by atoms with Crippen LogP contribution in [-0.4, -0.2) is 22.6 Å². The maximum atomic E-state index is 13.1. The van der Waals surface area contributed by atoms with Crippen LogP contribution in [0, 0.1) is 5.82 Å². The van der Waals surface area contributed by atoms with Crippen LogP contribution in [0.4, 0.5) is 9.18 Å². The number of hydrogen-bond donors (Lipinski definition) is 0. The quantitative estimate of drug-likeness (QED) is 0.273. The van der Waals surface area contributed by atoms with Crippen molar-refractivity contribution < 1.29 is 18.7 Å². The number of rotatable bonds is 7. The predicted molar refractivity (Wildman–Crippen MR) is 135 cm³/mol. The second-order valence-corrected chi connectivity index (χ2v) is 10.00. The Morgan fingerprint density at radius 3 is 2.27 bits per heavy atom. The maximum absolute atomic E-state index is 13.1. The van der Waals surface area contributed by atoms with Gasteiger partial charge in [0.1, 0.15) is 18.2 Å². The van der Waals surface area contributed by atoms with Crippen molar-refractivity contribution >= 4 is 60.8 Å². The average molecular weight is 591 g/mol. The zero-order chi connectivity index (χ0) is 23.4. The maximum Gasteiger partial charge on any atom is 0.293 e. The van der Waals surface area contributed by atoms with Crippen molar-refractivity contribution in [3.8, 4) is 5.75 Å². The van der Waals surface area contributed by atoms with Gasteiger partial charge >= 0.3 is 0 Å². The Kier molecular flexibility index (Phi) is 7.67. The Bertz CT molecular complexity index is 1190. The molecule has 3 aromatic rings. The van der Waals surface area contributed by atoms with E-state index in [1.807, 2.05) is 42.5 Å². The third kappa shape index (κ3) is 5.93. The first-order valence-corrected chi connectivity index (χ1v) is 12.5. The van der Waals surface area contributed by atoms with E-state index in [0.29, 0.717) is 32.6 Å². The number of thioether (sulfide) groups is 1. The summed E-state index contributed by atoms with van der Waals surface area (Å²) in [7, 11) is 0. The van der Waals surface area contributed by atoms with Gasteiger partial charge in [0, 0.05) is 6.54 Å². The summed E-state index contributed by atoms with van der Waals surface area (Å²) < 4.78 is 20.3. The van der Waals surface area contributed by atoms with E-state index < -0.39 is 0 Å². The predicted octanol–water partition coefficient (Wildman–Crippen LogP) is 7.21. The Hall–Kier alpha value is -2.42. The largest absolute Gasteiger partial charge is 0.487 e. The second-order valence-electron chi connectivity index (χ2n) is 7.30. The Balaban J connectivity index is 1.45. The van der Waals surface area contributed by atoms with Gasteiger partial charge in [0.2, 0.25) is 0 Å². The van der Waals surface area contributed by atoms with Gasteiger partial charge in [-0.25, -0.2) is 4.39 Å². The van der Waals surface area contributed by atoms with Gasteiger partial charge < -0.3 is 4.74 Å². The lowest BCUT2D eigenvalue weighted by Crippen LogP contribution is -2.30. The standard InChI is InChI=1S/C25H18Br2FNO3S/c26-20-12-18(13-21(27)23(20)32-15-17-6-8-19(28)9-7-17)14-22-24(30)29(25(31)33-22)11-10-16-4-2-1-3-5-16/h1-9,12-14H,10-11,15H2/b22-14-. The fraction of sp³-hybridized carbons (Fsp3) is 0.120. The number of carbonyl (C=O) groups excluding carboxylic acids is 2. The highest BCUT2D eigenvalue weighted by atomic mass is 79.9. The van der Waals surface area contributed by atoms with Gasteiger partial charge in [0.15, 0.2) is 0 Å². The van der Waals surface area contributed by atoms with Crippen molar-refractivity contribution in [2.75, 3.05) is 6.54 Å². The lowest BCUT2D eigenvalue weighted by atomic mass is 10.1. The Morgan fingerprint density at radius 2 is 1.61 bits per heavy atom. The first-order valence-electron chi connectivity index (χ1n) is 10.1. The van der Waals surface area contributed by atoms with Crippen LogP contribution in [0.25, 0.3) is 6.08 Å². The number of benzene rings is 3. The number of imide groups is 1. The van der Waals surface area contributed by atoms with E-state index in [1.165, 1.54) is 17.0 Å². The van der Waals surface area contributed by atoms with Gasteiger partial charge in [-0.15, -0.1) is 0 Å². The summed E-state index contributed by atoms with van der Waals surface area (Å²) >= 11 is 7.96. The van der Waals surface area contributed by atoms with Gasteiger partial charge in [-0.3, -0.25) is 14.5 Å². The molecule has 0 bridgehead atoms. The molecule has 1 aliphatic rings. The normalized spacial score (nSPS) is 14.9. The fourth-order valence-corrected chi connectivity index (χ4v) is 5.58. The molecule has 8 heteroatoms. The molecule has 1 aliphatic heterocycles. The third-order valence-corrected chi connectivity index (χ3v) is 7.04. The molecule has 0 N–H and O–H groups in total. The lowest BCUT2D eigenvalue weighted by Gasteiger charge is -2.12. The van der Waals surface area contributed by atoms with Crippen LogP contribution in [0.15, 0.2) is 80.6 Å². The molecule has 0 spiro atoms. The summed E-state index contributed by atoms with van der Waals surface area (Å²) in [5, 5.41) is -0.264. The monoisotopic (exact) mass is 589 g/mol. The van der Waals surface area contributed by atoms with E-state index >= 15 is 0 Å². The van der Waals surface area contributed by atoms with Crippen LogP contribution >= 0.6 is 43.6 Å². The number of amides is 2. The molecule has 4 rings (SSSR count). The Labute approximate surface area is 212 Å². The third-order valence-electron chi connectivity index (χ3n) is 4.96. The van der Waals surface area contributed by atoms with E-state index in [0.717, 1.165) is 28.5 Å². The summed E-state index contributed by atoms with van der Waals surface area (Å²) in [6.07, 6.45) is 2.32. The molecule has 0 aliphatic carbocycles. The smallest absolute Gasteiger partial charge is 0.293 e. The van der Waals surface area contributed by atoms with Crippen LogP contribution < -0.4 is 4.74 Å². The summed E-state index contributed by atoms with van der Waals surface area (Å²) in [6.45, 7) is 0.618. The molecule has 2 amide bonds. The van der Waals surface area contributed by atoms with Crippen LogP contribution in [0.5, 0.6) is 5.75 Å². The number of carbonyl (C=O) groups is 2. The number of nitrogens with zero attached hydrogens (tertiary/aromatic N) is 1. The van der Waals surface area contributed by atoms with Gasteiger partial charge in [-0.2, -0.15) is 0 Å². The minimum atomic E-state index is -0.296. The molecule has 33 heavy (non-hydrogen) atoms. The van der Waals surface area contributed by atoms with E-state index in [9.17, 15) is 14.0 Å². The molecule has 0 radical (unpaired) electrons. The summed E-state index contributed by atoms with van der Waals surface area (Å²) in [5.41, 5.74) is 2.66. The lowest BCUT2D eigenvalue weighted by molar-refractivity contribution is -0.122. The van der Waals surface area contributed by atoms with E-state index in [4.69, 9.17) is 4.74 Å². The number of halogens is 3. The van der Waals surface area contributed by atoms with Crippen molar-refractivity contribution in [3.05, 3.63) is 103 Å². The second kappa shape index (κ2) is 10.7. The van der Waals surface area contributed by atoms with Crippen molar-refractivity contribution in [1.29, 1.82) is 0 Å². The highest BCUT2D eigenvalue weighted by Crippen LogP contribution is 2.38. The molecule has 0 atom stereocenters. The minimum Gasteiger partial charge on any atom is -0.487 e. The van der Waals surface area contributed by atoms with Crippen LogP contribution in [0.3, 0.4) is 0 Å². The minimum absolute atomic E-state index is 0.264. The molecule has 0 unspecified atom stereocenters. The first-order chi connectivity index (χ1) is 15.9. The van der Waals surface area contributed by atoms with Gasteiger partial charge in [0.05, 0.1) is 13.9 Å². The van der Waals surface area contributed by atoms with E-state index in [1.54, 1.807) is 18.2 Å². The molecule has 1 fully saturated rings. The molecule has 0 aromatic heterocycles. The number of hydrogen-bond acceptors (Lipinski definition) is 4. The molecule has 1 saturated heterocycles. The van der Waals surface area contributed by atoms with Crippen molar-refractivity contribution in [2.45, 2.75) is 13.0 Å². The first kappa shape index (κ1) is 23.7. The topological polar surface area (TPSA) is 46.6 Å². The summed E-state index contributed by atoms with van der Waals surface area (Å²) in [5.74, 6) is 0.00666. The molecule has 1 heterocycles. The van der Waals surface area contributed by atoms with Crippen LogP contribution in [0.1, 0.15) is 16.7 Å². The number of ether oxygens (including phenoxy) is 1. The van der Waals surface area contributed by atoms with Crippen molar-refractivity contribution in [1.82, 2.24) is 4.90 Å². The fourth-order valence-electron chi connectivity index (χ4n) is 3.27. The van der Waals surface area contributed by atoms with Crippen molar-refractivity contribution in [3.63, 3.8) is 0 Å². The average Bonchev–Trinajstić information content (AvgIpc) is 3.06. The van der Waals surface area contributed by atoms with Gasteiger partial charge in [-0.1, -0.05) is 42.5 Å². The molecular weight excluding hydrogens is 573 g/mol. The van der Waals surface area contributed by atoms with E-state index in [-0.39, 0.29) is 23.6 Å². The zero-order valence-corrected chi connectivity index (χ0v) is 21.3. The van der Waals surface area contributed by atoms with Crippen LogP contribution in [-0.2, 0) is 17.8 Å². The Morgan fingerprint density at radius 1 is 0.939 bits per heavy atom. The van der Waals surface area contributed by atoms with Gasteiger partial charge in [-0.05, 0) is 97.1 Å². The molecular formula is C25H18Br2FNO3S. The van der Waals surface area contributed by atoms with E-state index in [2.05, 4.69) is 31.9 Å². The summed E-state index contributed by atoms with van der Waals surface area (Å²) in [4.78, 5) is 26.9. The SMILES string of the molecule is O=C1S/C(=C\c2cc(Br)c(OCc3ccc(F)cc3)c(Br)c2)C(=O)N1CCc1ccccc1. The van der Waals surface area contributed by atoms with Crippen LogP contribution in [0.2, 0.25) is 0 Å². The zero-order valence-electron chi connectivity index (χ0n) is 17.3. The van der Waals surface area contributed by atoms with Gasteiger partial charge in [0.25, 0.3) is 11.1 Å². The molecule has 4 nitrogen and oxygen atoms in total. The highest BCUT2D eigenvalue weighted by Gasteiger charge is 2.34.